The van der Waals surface area contributed by atoms with Crippen LogP contribution in [0.4, 0.5) is 0 Å². The lowest BCUT2D eigenvalue weighted by Crippen LogP contribution is -2.49. The van der Waals surface area contributed by atoms with Crippen molar-refractivity contribution in [3.63, 3.8) is 0 Å². The van der Waals surface area contributed by atoms with E-state index in [0.717, 1.165) is 5.56 Å². The van der Waals surface area contributed by atoms with Crippen LogP contribution in [0.3, 0.4) is 0 Å². The monoisotopic (exact) mass is 486 g/mol. The number of aliphatic hydroxyl groups excluding tert-OH is 1. The molecule has 1 amide bonds. The minimum absolute atomic E-state index is 0.00371. The third kappa shape index (κ3) is 6.22. The van der Waals surface area contributed by atoms with Gasteiger partial charge in [0.05, 0.1) is 12.6 Å². The van der Waals surface area contributed by atoms with Gasteiger partial charge in [-0.25, -0.2) is 19.9 Å². The number of ether oxygens (including phenoxy) is 1. The molecule has 9 heteroatoms. The van der Waals surface area contributed by atoms with Crippen LogP contribution in [0.15, 0.2) is 55.4 Å². The molecule has 3 atom stereocenters. The SMILES string of the molecule is C[C@H](CO)N1C[C@H](C)[C@@H](CN(C)Cc2cncnc2)Oc2ncc(C#Cc3ccccn3)cc2C1=O. The van der Waals surface area contributed by atoms with Crippen LogP contribution < -0.4 is 4.74 Å². The Morgan fingerprint density at radius 1 is 1.22 bits per heavy atom. The topological polar surface area (TPSA) is 105 Å². The predicted octanol–water partition coefficient (Wildman–Crippen LogP) is 2.02. The van der Waals surface area contributed by atoms with Crippen molar-refractivity contribution in [3.8, 4) is 17.7 Å². The molecule has 36 heavy (non-hydrogen) atoms. The predicted molar refractivity (Wildman–Crippen MR) is 134 cm³/mol. The highest BCUT2D eigenvalue weighted by Crippen LogP contribution is 2.27. The Balaban J connectivity index is 1.63. The van der Waals surface area contributed by atoms with Crippen LogP contribution in [-0.4, -0.2) is 79.6 Å². The molecule has 1 aliphatic rings. The first-order chi connectivity index (χ1) is 17.4. The Morgan fingerprint density at radius 3 is 2.75 bits per heavy atom. The number of nitrogens with zero attached hydrogens (tertiary/aromatic N) is 6. The molecule has 0 radical (unpaired) electrons. The summed E-state index contributed by atoms with van der Waals surface area (Å²) < 4.78 is 6.35. The van der Waals surface area contributed by atoms with Gasteiger partial charge in [0, 0.05) is 61.5 Å². The van der Waals surface area contributed by atoms with E-state index < -0.39 is 0 Å². The van der Waals surface area contributed by atoms with Gasteiger partial charge in [-0.1, -0.05) is 18.9 Å². The van der Waals surface area contributed by atoms with E-state index >= 15 is 0 Å². The second-order valence-corrected chi connectivity index (χ2v) is 9.11. The summed E-state index contributed by atoms with van der Waals surface area (Å²) in [7, 11) is 2.01. The summed E-state index contributed by atoms with van der Waals surface area (Å²) in [5.41, 5.74) is 2.54. The largest absolute Gasteiger partial charge is 0.472 e. The van der Waals surface area contributed by atoms with E-state index in [1.165, 1.54) is 6.33 Å². The summed E-state index contributed by atoms with van der Waals surface area (Å²) in [6.45, 7) is 5.45. The lowest BCUT2D eigenvalue weighted by Gasteiger charge is -2.37. The van der Waals surface area contributed by atoms with E-state index in [9.17, 15) is 9.90 Å². The summed E-state index contributed by atoms with van der Waals surface area (Å²) in [4.78, 5) is 34.2. The van der Waals surface area contributed by atoms with Crippen LogP contribution in [0.1, 0.15) is 41.0 Å². The van der Waals surface area contributed by atoms with Crippen molar-refractivity contribution in [3.05, 3.63) is 77.8 Å². The Labute approximate surface area is 211 Å². The number of fused-ring (bicyclic) bond motifs is 1. The molecule has 0 saturated carbocycles. The first kappa shape index (κ1) is 25.2. The van der Waals surface area contributed by atoms with E-state index in [4.69, 9.17) is 4.74 Å². The van der Waals surface area contributed by atoms with Crippen molar-refractivity contribution >= 4 is 5.91 Å². The molecule has 0 bridgehead atoms. The molecule has 3 aromatic rings. The fourth-order valence-electron chi connectivity index (χ4n) is 4.06. The number of hydrogen-bond acceptors (Lipinski definition) is 8. The minimum atomic E-state index is -0.353. The molecule has 0 aliphatic carbocycles. The van der Waals surface area contributed by atoms with Gasteiger partial charge in [0.25, 0.3) is 5.91 Å². The van der Waals surface area contributed by atoms with E-state index in [2.05, 4.69) is 36.7 Å². The quantitative estimate of drug-likeness (QED) is 0.528. The van der Waals surface area contributed by atoms with E-state index in [0.29, 0.717) is 36.5 Å². The molecule has 0 unspecified atom stereocenters. The van der Waals surface area contributed by atoms with Crippen LogP contribution in [0.5, 0.6) is 5.88 Å². The van der Waals surface area contributed by atoms with E-state index in [-0.39, 0.29) is 36.5 Å². The summed E-state index contributed by atoms with van der Waals surface area (Å²) in [5.74, 6) is 6.06. The first-order valence-corrected chi connectivity index (χ1v) is 11.9. The van der Waals surface area contributed by atoms with Crippen LogP contribution >= 0.6 is 0 Å². The van der Waals surface area contributed by atoms with Crippen LogP contribution in [0.25, 0.3) is 0 Å². The Hall–Kier alpha value is -3.87. The van der Waals surface area contributed by atoms with Crippen LogP contribution in [0.2, 0.25) is 0 Å². The van der Waals surface area contributed by atoms with Crippen molar-refractivity contribution in [2.75, 3.05) is 26.7 Å². The third-order valence-electron chi connectivity index (χ3n) is 6.08. The highest BCUT2D eigenvalue weighted by molar-refractivity contribution is 5.97. The maximum Gasteiger partial charge on any atom is 0.259 e. The first-order valence-electron chi connectivity index (χ1n) is 11.9. The number of aliphatic hydroxyl groups is 1. The molecule has 4 rings (SSSR count). The van der Waals surface area contributed by atoms with Crippen molar-refractivity contribution in [2.45, 2.75) is 32.5 Å². The molecular formula is C27H30N6O3. The number of amides is 1. The molecule has 1 aliphatic heterocycles. The molecule has 0 spiro atoms. The number of rotatable bonds is 6. The standard InChI is InChI=1S/C27H30N6O3/c1-19-14-33(20(2)17-34)27(35)24-10-21(7-8-23-6-4-5-9-30-23)13-31-26(24)36-25(19)16-32(3)15-22-11-28-18-29-12-22/h4-6,9-13,18-20,25,34H,14-17H2,1-3H3/t19-,20+,25+/m0/s1. The summed E-state index contributed by atoms with van der Waals surface area (Å²) in [5, 5.41) is 9.85. The Morgan fingerprint density at radius 2 is 2.03 bits per heavy atom. The third-order valence-corrected chi connectivity index (χ3v) is 6.08. The van der Waals surface area contributed by atoms with Gasteiger partial charge in [-0.15, -0.1) is 0 Å². The fraction of sp³-hybridized carbons (Fsp3) is 0.370. The van der Waals surface area contributed by atoms with Gasteiger partial charge < -0.3 is 14.7 Å². The number of hydrogen-bond donors (Lipinski definition) is 1. The Bertz CT molecular complexity index is 1230. The number of likely N-dealkylation sites (N-methyl/N-ethyl adjacent to an activating group) is 1. The summed E-state index contributed by atoms with van der Waals surface area (Å²) in [6, 6.07) is 6.86. The molecule has 9 nitrogen and oxygen atoms in total. The molecule has 0 aromatic carbocycles. The number of aromatic nitrogens is 4. The highest BCUT2D eigenvalue weighted by atomic mass is 16.5. The maximum absolute atomic E-state index is 13.5. The molecule has 0 fully saturated rings. The van der Waals surface area contributed by atoms with Crippen LogP contribution in [-0.2, 0) is 6.54 Å². The average molecular weight is 487 g/mol. The molecule has 3 aromatic heterocycles. The molecular weight excluding hydrogens is 456 g/mol. The smallest absolute Gasteiger partial charge is 0.259 e. The normalized spacial score (nSPS) is 18.4. The maximum atomic E-state index is 13.5. The summed E-state index contributed by atoms with van der Waals surface area (Å²) >= 11 is 0. The zero-order chi connectivity index (χ0) is 25.5. The highest BCUT2D eigenvalue weighted by Gasteiger charge is 2.34. The van der Waals surface area contributed by atoms with Gasteiger partial charge in [0.2, 0.25) is 5.88 Å². The summed E-state index contributed by atoms with van der Waals surface area (Å²) in [6.07, 6.45) is 8.14. The lowest BCUT2D eigenvalue weighted by molar-refractivity contribution is 0.0325. The fourth-order valence-corrected chi connectivity index (χ4v) is 4.06. The number of pyridine rings is 2. The van der Waals surface area contributed by atoms with Crippen LogP contribution in [0, 0.1) is 17.8 Å². The van der Waals surface area contributed by atoms with Crippen molar-refractivity contribution in [1.29, 1.82) is 0 Å². The molecule has 186 valence electrons. The molecule has 4 heterocycles. The van der Waals surface area contributed by atoms with Crippen molar-refractivity contribution in [1.82, 2.24) is 29.7 Å². The van der Waals surface area contributed by atoms with Gasteiger partial charge in [0.1, 0.15) is 23.7 Å². The number of carbonyl (C=O) groups excluding carboxylic acids is 1. The van der Waals surface area contributed by atoms with Crippen molar-refractivity contribution in [2.24, 2.45) is 5.92 Å². The number of carbonyl (C=O) groups is 1. The minimum Gasteiger partial charge on any atom is -0.472 e. The van der Waals surface area contributed by atoms with E-state index in [1.807, 2.05) is 39.1 Å². The van der Waals surface area contributed by atoms with Gasteiger partial charge in [0.15, 0.2) is 0 Å². The zero-order valence-corrected chi connectivity index (χ0v) is 20.7. The lowest BCUT2D eigenvalue weighted by atomic mass is 9.99. The second-order valence-electron chi connectivity index (χ2n) is 9.11. The molecule has 1 N–H and O–H groups in total. The second kappa shape index (κ2) is 11.7. The van der Waals surface area contributed by atoms with Gasteiger partial charge in [-0.2, -0.15) is 0 Å². The molecule has 0 saturated heterocycles. The van der Waals surface area contributed by atoms with Gasteiger partial charge in [-0.3, -0.25) is 9.69 Å². The zero-order valence-electron chi connectivity index (χ0n) is 20.7. The van der Waals surface area contributed by atoms with E-state index in [1.54, 1.807) is 35.8 Å². The van der Waals surface area contributed by atoms with Gasteiger partial charge >= 0.3 is 0 Å². The Kier molecular flexibility index (Phi) is 8.21. The average Bonchev–Trinajstić information content (AvgIpc) is 2.90. The van der Waals surface area contributed by atoms with Crippen molar-refractivity contribution < 1.29 is 14.6 Å². The van der Waals surface area contributed by atoms with Gasteiger partial charge in [-0.05, 0) is 38.1 Å².